The van der Waals surface area contributed by atoms with E-state index in [0.717, 1.165) is 62.6 Å². The summed E-state index contributed by atoms with van der Waals surface area (Å²) in [7, 11) is 0. The maximum atomic E-state index is 12.1. The average Bonchev–Trinajstić information content (AvgIpc) is 3.14. The summed E-state index contributed by atoms with van der Waals surface area (Å²) in [5.74, 6) is 4.34. The Morgan fingerprint density at radius 1 is 1.20 bits per heavy atom. The van der Waals surface area contributed by atoms with Crippen molar-refractivity contribution in [2.45, 2.75) is 77.4 Å². The number of fused-ring (bicyclic) bond motifs is 5. The molecule has 0 saturated heterocycles. The molecule has 1 amide bonds. The van der Waals surface area contributed by atoms with E-state index in [1.54, 1.807) is 12.4 Å². The van der Waals surface area contributed by atoms with Crippen LogP contribution in [0.25, 0.3) is 0 Å². The van der Waals surface area contributed by atoms with E-state index in [2.05, 4.69) is 41.3 Å². The average molecular weight is 476 g/mol. The molecule has 0 aromatic carbocycles. The van der Waals surface area contributed by atoms with Crippen LogP contribution in [0.2, 0.25) is 0 Å². The van der Waals surface area contributed by atoms with E-state index < -0.39 is 5.60 Å². The van der Waals surface area contributed by atoms with Gasteiger partial charge in [0.25, 0.3) is 5.91 Å². The van der Waals surface area contributed by atoms with Gasteiger partial charge in [0, 0.05) is 24.4 Å². The minimum Gasteiger partial charge on any atom is -0.385 e. The zero-order valence-corrected chi connectivity index (χ0v) is 20.9. The summed E-state index contributed by atoms with van der Waals surface area (Å²) in [5, 5.41) is 18.3. The third-order valence-corrected chi connectivity index (χ3v) is 9.98. The Morgan fingerprint density at radius 2 is 1.97 bits per heavy atom. The van der Waals surface area contributed by atoms with Gasteiger partial charge in [-0.05, 0) is 98.3 Å². The molecule has 1 aromatic rings. The minimum atomic E-state index is -0.950. The SMILES string of the molecule is C#C[C@@]1(O)CC[C@H]2[C@@H]3CCC4=C/C(=N/OCC(=O)NCc5ccncc5)CC[C@]4(C)[C@H]3CC[C@@]21C. The van der Waals surface area contributed by atoms with Gasteiger partial charge in [0.15, 0.2) is 6.61 Å². The molecule has 1 aromatic heterocycles. The number of terminal acetylenes is 1. The van der Waals surface area contributed by atoms with Crippen LogP contribution in [0.3, 0.4) is 0 Å². The maximum absolute atomic E-state index is 12.1. The highest BCUT2D eigenvalue weighted by molar-refractivity contribution is 5.96. The number of aliphatic hydroxyl groups is 1. The van der Waals surface area contributed by atoms with Crippen molar-refractivity contribution < 1.29 is 14.7 Å². The van der Waals surface area contributed by atoms with Crippen LogP contribution in [-0.2, 0) is 16.2 Å². The lowest BCUT2D eigenvalue weighted by Gasteiger charge is -2.58. The third-order valence-electron chi connectivity index (χ3n) is 9.98. The van der Waals surface area contributed by atoms with Gasteiger partial charge in [0.1, 0.15) is 5.60 Å². The standard InChI is InChI=1S/C29H37N3O3/c1-4-29(34)14-9-25-23-6-5-21-17-22(7-12-27(21,2)24(23)8-13-28(25,29)3)32-35-19-26(33)31-18-20-10-15-30-16-11-20/h1,10-11,15-17,23-25,34H,5-9,12-14,18-19H2,2-3H3,(H,31,33)/b32-22+/t23-,24+,25+,27+,28+,29-/m1/s1. The smallest absolute Gasteiger partial charge is 0.261 e. The van der Waals surface area contributed by atoms with Gasteiger partial charge in [-0.2, -0.15) is 0 Å². The molecule has 1 heterocycles. The highest BCUT2D eigenvalue weighted by Crippen LogP contribution is 2.67. The number of nitrogens with one attached hydrogen (secondary N) is 1. The van der Waals surface area contributed by atoms with Crippen molar-refractivity contribution in [2.24, 2.45) is 33.7 Å². The summed E-state index contributed by atoms with van der Waals surface area (Å²) in [6.45, 7) is 5.04. The van der Waals surface area contributed by atoms with Gasteiger partial charge in [-0.3, -0.25) is 9.78 Å². The molecule has 3 saturated carbocycles. The quantitative estimate of drug-likeness (QED) is 0.488. The molecule has 6 atom stereocenters. The number of hydrogen-bond donors (Lipinski definition) is 2. The highest BCUT2D eigenvalue weighted by Gasteiger charge is 2.63. The summed E-state index contributed by atoms with van der Waals surface area (Å²) in [6.07, 6.45) is 19.5. The first-order chi connectivity index (χ1) is 16.8. The Labute approximate surface area is 208 Å². The number of hydrogen-bond acceptors (Lipinski definition) is 5. The number of pyridine rings is 1. The molecule has 0 aliphatic heterocycles. The van der Waals surface area contributed by atoms with E-state index in [9.17, 15) is 9.90 Å². The summed E-state index contributed by atoms with van der Waals surface area (Å²) >= 11 is 0. The number of rotatable bonds is 5. The Bertz CT molecular complexity index is 1080. The predicted molar refractivity (Wildman–Crippen MR) is 135 cm³/mol. The third kappa shape index (κ3) is 4.08. The van der Waals surface area contributed by atoms with Crippen LogP contribution in [-0.4, -0.2) is 33.9 Å². The van der Waals surface area contributed by atoms with Crippen molar-refractivity contribution in [2.75, 3.05) is 6.61 Å². The lowest BCUT2D eigenvalue weighted by Crippen LogP contribution is -2.54. The zero-order chi connectivity index (χ0) is 24.7. The minimum absolute atomic E-state index is 0.0852. The second-order valence-electron chi connectivity index (χ2n) is 11.5. The van der Waals surface area contributed by atoms with Crippen molar-refractivity contribution in [1.82, 2.24) is 10.3 Å². The van der Waals surface area contributed by atoms with E-state index in [-0.39, 0.29) is 23.3 Å². The largest absolute Gasteiger partial charge is 0.385 e. The fourth-order valence-corrected chi connectivity index (χ4v) is 7.82. The fraction of sp³-hybridized carbons (Fsp3) is 0.621. The second-order valence-corrected chi connectivity index (χ2v) is 11.5. The number of carbonyl (C=O) groups is 1. The molecule has 0 unspecified atom stereocenters. The molecule has 3 fully saturated rings. The highest BCUT2D eigenvalue weighted by atomic mass is 16.6. The van der Waals surface area contributed by atoms with Gasteiger partial charge in [-0.25, -0.2) is 0 Å². The molecule has 0 spiro atoms. The Balaban J connectivity index is 1.21. The van der Waals surface area contributed by atoms with Crippen molar-refractivity contribution in [1.29, 1.82) is 0 Å². The second kappa shape index (κ2) is 9.09. The van der Waals surface area contributed by atoms with E-state index in [4.69, 9.17) is 11.3 Å². The molecule has 0 bridgehead atoms. The van der Waals surface area contributed by atoms with Crippen LogP contribution in [0.4, 0.5) is 0 Å². The number of aromatic nitrogens is 1. The van der Waals surface area contributed by atoms with Crippen LogP contribution in [0.15, 0.2) is 41.3 Å². The first-order valence-electron chi connectivity index (χ1n) is 13.0. The van der Waals surface area contributed by atoms with Gasteiger partial charge in [-0.1, -0.05) is 30.5 Å². The number of allylic oxidation sites excluding steroid dienone is 2. The van der Waals surface area contributed by atoms with Crippen LogP contribution in [0, 0.1) is 40.9 Å². The number of oxime groups is 1. The summed E-state index contributed by atoms with van der Waals surface area (Å²) < 4.78 is 0. The van der Waals surface area contributed by atoms with Crippen molar-refractivity contribution in [3.8, 4) is 12.3 Å². The van der Waals surface area contributed by atoms with Gasteiger partial charge in [-0.15, -0.1) is 6.42 Å². The zero-order valence-electron chi connectivity index (χ0n) is 20.9. The monoisotopic (exact) mass is 475 g/mol. The Hall–Kier alpha value is -2.65. The molecule has 6 nitrogen and oxygen atoms in total. The van der Waals surface area contributed by atoms with Crippen LogP contribution in [0.5, 0.6) is 0 Å². The maximum Gasteiger partial charge on any atom is 0.261 e. The van der Waals surface area contributed by atoms with E-state index in [1.165, 1.54) is 5.57 Å². The lowest BCUT2D eigenvalue weighted by atomic mass is 9.46. The van der Waals surface area contributed by atoms with Crippen molar-refractivity contribution in [3.05, 3.63) is 41.7 Å². The molecular formula is C29H37N3O3. The molecule has 4 aliphatic rings. The lowest BCUT2D eigenvalue weighted by molar-refractivity contribution is -0.125. The predicted octanol–water partition coefficient (Wildman–Crippen LogP) is 4.40. The summed E-state index contributed by atoms with van der Waals surface area (Å²) in [5.41, 5.74) is 2.46. The fourth-order valence-electron chi connectivity index (χ4n) is 7.82. The van der Waals surface area contributed by atoms with Crippen molar-refractivity contribution in [3.63, 3.8) is 0 Å². The van der Waals surface area contributed by atoms with Crippen molar-refractivity contribution >= 4 is 11.6 Å². The molecule has 6 heteroatoms. The van der Waals surface area contributed by atoms with Gasteiger partial charge < -0.3 is 15.3 Å². The van der Waals surface area contributed by atoms with Gasteiger partial charge in [0.2, 0.25) is 0 Å². The molecule has 4 aliphatic carbocycles. The summed E-state index contributed by atoms with van der Waals surface area (Å²) in [4.78, 5) is 21.5. The number of amides is 1. The van der Waals surface area contributed by atoms with Gasteiger partial charge >= 0.3 is 0 Å². The van der Waals surface area contributed by atoms with E-state index >= 15 is 0 Å². The molecule has 5 rings (SSSR count). The normalized spacial score (nSPS) is 39.0. The molecule has 2 N–H and O–H groups in total. The first kappa shape index (κ1) is 24.1. The van der Waals surface area contributed by atoms with E-state index in [0.29, 0.717) is 24.3 Å². The summed E-state index contributed by atoms with van der Waals surface area (Å²) in [6, 6.07) is 3.74. The molecule has 0 radical (unpaired) electrons. The molecule has 186 valence electrons. The molecule has 35 heavy (non-hydrogen) atoms. The Morgan fingerprint density at radius 3 is 2.74 bits per heavy atom. The van der Waals surface area contributed by atoms with Crippen LogP contribution in [0.1, 0.15) is 70.8 Å². The molecular weight excluding hydrogens is 438 g/mol. The van der Waals surface area contributed by atoms with Crippen LogP contribution >= 0.6 is 0 Å². The van der Waals surface area contributed by atoms with Crippen LogP contribution < -0.4 is 5.32 Å². The topological polar surface area (TPSA) is 83.8 Å². The number of nitrogens with zero attached hydrogens (tertiary/aromatic N) is 2. The number of carbonyl (C=O) groups excluding carboxylic acids is 1. The van der Waals surface area contributed by atoms with Gasteiger partial charge in [0.05, 0.1) is 5.71 Å². The first-order valence-corrected chi connectivity index (χ1v) is 13.0. The Kier molecular flexibility index (Phi) is 6.25. The van der Waals surface area contributed by atoms with E-state index in [1.807, 2.05) is 12.1 Å².